The Morgan fingerprint density at radius 2 is 2.11 bits per heavy atom. The molecule has 0 radical (unpaired) electrons. The smallest absolute Gasteiger partial charge is 0.358 e. The number of amides is 2. The minimum absolute atomic E-state index is 0.253. The van der Waals surface area contributed by atoms with E-state index in [4.69, 9.17) is 10.8 Å². The van der Waals surface area contributed by atoms with Crippen LogP contribution >= 0.6 is 0 Å². The summed E-state index contributed by atoms with van der Waals surface area (Å²) in [6, 6.07) is 0. The van der Waals surface area contributed by atoms with Crippen LogP contribution in [0.4, 0.5) is 0 Å². The fourth-order valence-corrected chi connectivity index (χ4v) is 1.07. The number of carboxylic acids is 1. The number of carbonyl (C=O) groups is 3. The highest BCUT2D eigenvalue weighted by Crippen LogP contribution is 2.00. The van der Waals surface area contributed by atoms with E-state index in [-0.39, 0.29) is 12.2 Å². The van der Waals surface area contributed by atoms with E-state index in [0.717, 1.165) is 10.9 Å². The summed E-state index contributed by atoms with van der Waals surface area (Å²) in [4.78, 5) is 33.1. The molecular weight excluding hydrogens is 242 g/mol. The summed E-state index contributed by atoms with van der Waals surface area (Å²) in [6.07, 6.45) is 1.11. The average Bonchev–Trinajstić information content (AvgIpc) is 2.64. The van der Waals surface area contributed by atoms with Crippen LogP contribution in [0.2, 0.25) is 0 Å². The molecular formula is C9H13N5O4. The number of nitrogens with two attached hydrogens (primary N) is 1. The quantitative estimate of drug-likeness (QED) is 0.576. The van der Waals surface area contributed by atoms with E-state index in [0.29, 0.717) is 0 Å². The first-order valence-corrected chi connectivity index (χ1v) is 4.96. The number of primary amides is 1. The third-order valence-corrected chi connectivity index (χ3v) is 2.13. The normalized spacial score (nSPS) is 11.0. The second-order valence-corrected chi connectivity index (χ2v) is 4.14. The van der Waals surface area contributed by atoms with Gasteiger partial charge in [0.2, 0.25) is 11.8 Å². The van der Waals surface area contributed by atoms with Gasteiger partial charge in [-0.15, -0.1) is 5.10 Å². The highest BCUT2D eigenvalue weighted by molar-refractivity contribution is 5.89. The predicted molar refractivity (Wildman–Crippen MR) is 58.4 cm³/mol. The summed E-state index contributed by atoms with van der Waals surface area (Å²) in [5.74, 6) is -2.44. The molecule has 4 N–H and O–H groups in total. The number of carboxylic acid groups (broad SMARTS) is 1. The van der Waals surface area contributed by atoms with E-state index >= 15 is 0 Å². The van der Waals surface area contributed by atoms with Crippen LogP contribution in [-0.2, 0) is 16.1 Å². The fourth-order valence-electron chi connectivity index (χ4n) is 1.07. The van der Waals surface area contributed by atoms with E-state index in [1.54, 1.807) is 0 Å². The predicted octanol–water partition coefficient (Wildman–Crippen LogP) is -1.64. The summed E-state index contributed by atoms with van der Waals surface area (Å²) >= 11 is 0. The zero-order valence-corrected chi connectivity index (χ0v) is 9.88. The van der Waals surface area contributed by atoms with Gasteiger partial charge in [-0.25, -0.2) is 9.48 Å². The molecule has 1 rings (SSSR count). The maximum Gasteiger partial charge on any atom is 0.358 e. The van der Waals surface area contributed by atoms with E-state index in [9.17, 15) is 14.4 Å². The van der Waals surface area contributed by atoms with Crippen molar-refractivity contribution in [3.05, 3.63) is 11.9 Å². The van der Waals surface area contributed by atoms with Crippen LogP contribution in [0.3, 0.4) is 0 Å². The number of hydrogen-bond donors (Lipinski definition) is 3. The van der Waals surface area contributed by atoms with Crippen LogP contribution in [0.1, 0.15) is 24.3 Å². The highest BCUT2D eigenvalue weighted by Gasteiger charge is 2.26. The molecule has 0 aromatic carbocycles. The van der Waals surface area contributed by atoms with Crippen molar-refractivity contribution in [1.29, 1.82) is 0 Å². The summed E-state index contributed by atoms with van der Waals surface area (Å²) in [6.45, 7) is 2.66. The lowest BCUT2D eigenvalue weighted by atomic mass is 10.1. The Bertz CT molecular complexity index is 493. The van der Waals surface area contributed by atoms with Gasteiger partial charge in [0.15, 0.2) is 5.69 Å². The van der Waals surface area contributed by atoms with Crippen molar-refractivity contribution in [2.45, 2.75) is 25.9 Å². The number of hydrogen-bond acceptors (Lipinski definition) is 5. The second kappa shape index (κ2) is 4.82. The van der Waals surface area contributed by atoms with Crippen LogP contribution in [0.15, 0.2) is 6.20 Å². The number of nitrogens with one attached hydrogen (secondary N) is 1. The minimum Gasteiger partial charge on any atom is -0.476 e. The van der Waals surface area contributed by atoms with Crippen LogP contribution in [0.25, 0.3) is 0 Å². The van der Waals surface area contributed by atoms with Crippen molar-refractivity contribution in [2.75, 3.05) is 0 Å². The van der Waals surface area contributed by atoms with E-state index in [1.807, 2.05) is 0 Å². The number of aromatic nitrogens is 3. The lowest BCUT2D eigenvalue weighted by molar-refractivity contribution is -0.130. The topological polar surface area (TPSA) is 140 Å². The van der Waals surface area contributed by atoms with E-state index in [1.165, 1.54) is 13.8 Å². The van der Waals surface area contributed by atoms with Crippen LogP contribution in [0.5, 0.6) is 0 Å². The van der Waals surface area contributed by atoms with Crippen molar-refractivity contribution in [2.24, 2.45) is 5.73 Å². The largest absolute Gasteiger partial charge is 0.476 e. The molecule has 1 aromatic heterocycles. The first-order valence-electron chi connectivity index (χ1n) is 4.96. The summed E-state index contributed by atoms with van der Waals surface area (Å²) < 4.78 is 1.05. The van der Waals surface area contributed by atoms with Crippen molar-refractivity contribution >= 4 is 17.8 Å². The molecule has 18 heavy (non-hydrogen) atoms. The Labute approximate surface area is 102 Å². The fraction of sp³-hybridized carbons (Fsp3) is 0.444. The van der Waals surface area contributed by atoms with E-state index in [2.05, 4.69) is 15.6 Å². The molecule has 9 nitrogen and oxygen atoms in total. The lowest BCUT2D eigenvalue weighted by Crippen LogP contribution is -2.53. The monoisotopic (exact) mass is 255 g/mol. The van der Waals surface area contributed by atoms with Gasteiger partial charge in [-0.3, -0.25) is 9.59 Å². The van der Waals surface area contributed by atoms with Gasteiger partial charge < -0.3 is 16.2 Å². The Morgan fingerprint density at radius 1 is 1.50 bits per heavy atom. The summed E-state index contributed by atoms with van der Waals surface area (Å²) in [5.41, 5.74) is 3.64. The van der Waals surface area contributed by atoms with Gasteiger partial charge in [0, 0.05) is 0 Å². The van der Waals surface area contributed by atoms with Crippen LogP contribution < -0.4 is 11.1 Å². The molecule has 0 saturated heterocycles. The molecule has 1 heterocycles. The standard InChI is InChI=1S/C9H13N5O4/c1-9(2,8(10)18)11-6(15)4-14-3-5(7(16)17)12-13-14/h3H,4H2,1-2H3,(H2,10,18)(H,11,15)(H,16,17). The van der Waals surface area contributed by atoms with Gasteiger partial charge in [0.1, 0.15) is 12.1 Å². The molecule has 0 aliphatic carbocycles. The number of nitrogens with zero attached hydrogens (tertiary/aromatic N) is 3. The minimum atomic E-state index is -1.24. The van der Waals surface area contributed by atoms with E-state index < -0.39 is 23.3 Å². The Balaban J connectivity index is 2.65. The van der Waals surface area contributed by atoms with Gasteiger partial charge in [-0.2, -0.15) is 0 Å². The molecule has 0 unspecified atom stereocenters. The van der Waals surface area contributed by atoms with Gasteiger partial charge in [0.05, 0.1) is 6.20 Å². The molecule has 0 fully saturated rings. The maximum absolute atomic E-state index is 11.6. The first kappa shape index (κ1) is 13.6. The summed E-state index contributed by atoms with van der Waals surface area (Å²) in [7, 11) is 0. The molecule has 0 bridgehead atoms. The lowest BCUT2D eigenvalue weighted by Gasteiger charge is -2.21. The van der Waals surface area contributed by atoms with Crippen LogP contribution in [-0.4, -0.2) is 43.4 Å². The molecule has 0 aliphatic rings. The zero-order valence-electron chi connectivity index (χ0n) is 9.88. The molecule has 2 amide bonds. The highest BCUT2D eigenvalue weighted by atomic mass is 16.4. The average molecular weight is 255 g/mol. The maximum atomic E-state index is 11.6. The second-order valence-electron chi connectivity index (χ2n) is 4.14. The molecule has 98 valence electrons. The molecule has 1 aromatic rings. The molecule has 9 heteroatoms. The Kier molecular flexibility index (Phi) is 3.64. The van der Waals surface area contributed by atoms with Crippen molar-refractivity contribution in [3.63, 3.8) is 0 Å². The molecule has 0 spiro atoms. The van der Waals surface area contributed by atoms with Crippen molar-refractivity contribution in [1.82, 2.24) is 20.3 Å². The van der Waals surface area contributed by atoms with Gasteiger partial charge in [0.25, 0.3) is 0 Å². The van der Waals surface area contributed by atoms with Crippen molar-refractivity contribution < 1.29 is 19.5 Å². The molecule has 0 aliphatic heterocycles. The Morgan fingerprint density at radius 3 is 2.56 bits per heavy atom. The number of carbonyl (C=O) groups excluding carboxylic acids is 2. The van der Waals surface area contributed by atoms with Gasteiger partial charge in [-0.05, 0) is 13.8 Å². The third kappa shape index (κ3) is 3.27. The SMILES string of the molecule is CC(C)(NC(=O)Cn1cc(C(=O)O)nn1)C(N)=O. The molecule has 0 saturated carbocycles. The number of rotatable bonds is 5. The van der Waals surface area contributed by atoms with Gasteiger partial charge in [-0.1, -0.05) is 5.21 Å². The van der Waals surface area contributed by atoms with Crippen LogP contribution in [0, 0.1) is 0 Å². The third-order valence-electron chi connectivity index (χ3n) is 2.13. The van der Waals surface area contributed by atoms with Crippen molar-refractivity contribution in [3.8, 4) is 0 Å². The molecule has 0 atom stereocenters. The summed E-state index contributed by atoms with van der Waals surface area (Å²) in [5, 5.41) is 17.8. The zero-order chi connectivity index (χ0) is 13.9. The van der Waals surface area contributed by atoms with Gasteiger partial charge >= 0.3 is 5.97 Å². The first-order chi connectivity index (χ1) is 8.22. The Hall–Kier alpha value is -2.45. The number of aromatic carboxylic acids is 1.